The Kier molecular flexibility index (Phi) is 23.2. The highest BCUT2D eigenvalue weighted by molar-refractivity contribution is 6.33. The first-order valence-electron chi connectivity index (χ1n) is 26.7. The van der Waals surface area contributed by atoms with E-state index in [4.69, 9.17) is 14.2 Å². The number of benzene rings is 2. The van der Waals surface area contributed by atoms with Gasteiger partial charge in [-0.2, -0.15) is 0 Å². The van der Waals surface area contributed by atoms with Crippen molar-refractivity contribution in [2.45, 2.75) is 150 Å². The Morgan fingerprint density at radius 3 is 1.85 bits per heavy atom. The average molecular weight is 1080 g/mol. The number of likely N-dealkylation sites (N-methyl/N-ethyl adjacent to an activating group) is 1. The lowest BCUT2D eigenvalue weighted by Crippen LogP contribution is -2.58. The van der Waals surface area contributed by atoms with Crippen LogP contribution >= 0.6 is 0 Å². The van der Waals surface area contributed by atoms with Crippen molar-refractivity contribution in [3.05, 3.63) is 84.0 Å². The Labute approximate surface area is 459 Å². The van der Waals surface area contributed by atoms with Gasteiger partial charge in [0.1, 0.15) is 17.7 Å². The summed E-state index contributed by atoms with van der Waals surface area (Å²) in [5.74, 6) is -5.05. The minimum absolute atomic E-state index is 0.0125. The van der Waals surface area contributed by atoms with Crippen LogP contribution in [0.4, 0.5) is 11.4 Å². The SMILES string of the molecule is CCC(C)C(C(CC(=O)N1CCC[C@H]1C(OC)C(C)C(=O)NC(Cc1ccccc1)C(=O)OC(C)(C)C)OC)N(C)C(=O)C(NC(=O)CC(C)C)C(C)C.CNC(=O)c1ccc(N2C(=O)C=CC2=O)c(N2C(=O)C=CC2=O)c1. The molecular weight excluding hydrogens is 1000 g/mol. The first-order valence-corrected chi connectivity index (χ1v) is 26.7. The van der Waals surface area contributed by atoms with Gasteiger partial charge in [-0.05, 0) is 75.1 Å². The van der Waals surface area contributed by atoms with Crippen LogP contribution in [-0.2, 0) is 63.8 Å². The smallest absolute Gasteiger partial charge is 0.329 e. The Hall–Kier alpha value is -7.06. The molecule has 8 atom stereocenters. The maximum atomic E-state index is 14.2. The van der Waals surface area contributed by atoms with Crippen molar-refractivity contribution in [2.75, 3.05) is 44.7 Å². The number of likely N-dealkylation sites (tertiary alicyclic amines) is 1. The number of anilines is 2. The van der Waals surface area contributed by atoms with Crippen molar-refractivity contribution in [1.29, 1.82) is 0 Å². The van der Waals surface area contributed by atoms with Gasteiger partial charge in [0.2, 0.25) is 23.6 Å². The molecule has 0 bridgehead atoms. The maximum Gasteiger partial charge on any atom is 0.329 e. The van der Waals surface area contributed by atoms with E-state index in [9.17, 15) is 47.9 Å². The number of carbonyl (C=O) groups is 10. The van der Waals surface area contributed by atoms with Gasteiger partial charge >= 0.3 is 5.97 Å². The number of ether oxygens (including phenoxy) is 3. The summed E-state index contributed by atoms with van der Waals surface area (Å²) in [6, 6.07) is 11.0. The Morgan fingerprint density at radius 2 is 1.35 bits per heavy atom. The number of rotatable bonds is 23. The number of nitrogens with zero attached hydrogens (tertiary/aromatic N) is 4. The van der Waals surface area contributed by atoms with E-state index < -0.39 is 83.4 Å². The van der Waals surface area contributed by atoms with Gasteiger partial charge in [0.25, 0.3) is 29.5 Å². The van der Waals surface area contributed by atoms with E-state index in [1.54, 1.807) is 51.7 Å². The van der Waals surface area contributed by atoms with Crippen LogP contribution in [0.15, 0.2) is 72.8 Å². The van der Waals surface area contributed by atoms with Crippen LogP contribution in [0.5, 0.6) is 0 Å². The summed E-state index contributed by atoms with van der Waals surface area (Å²) in [6.07, 6.45) is 5.75. The summed E-state index contributed by atoms with van der Waals surface area (Å²) >= 11 is 0. The van der Waals surface area contributed by atoms with E-state index in [0.29, 0.717) is 19.4 Å². The quantitative estimate of drug-likeness (QED) is 0.0974. The lowest BCUT2D eigenvalue weighted by Gasteiger charge is -2.41. The van der Waals surface area contributed by atoms with Crippen molar-refractivity contribution >= 4 is 70.5 Å². The van der Waals surface area contributed by atoms with Gasteiger partial charge in [-0.3, -0.25) is 43.2 Å². The van der Waals surface area contributed by atoms with Gasteiger partial charge in [0, 0.05) is 77.6 Å². The van der Waals surface area contributed by atoms with Crippen LogP contribution in [0.1, 0.15) is 117 Å². The zero-order valence-corrected chi connectivity index (χ0v) is 47.7. The monoisotopic (exact) mass is 1080 g/mol. The number of methoxy groups -OCH3 is 2. The zero-order valence-electron chi connectivity index (χ0n) is 47.7. The minimum atomic E-state index is -0.918. The third kappa shape index (κ3) is 16.5. The molecule has 7 unspecified atom stereocenters. The zero-order chi connectivity index (χ0) is 58.3. The van der Waals surface area contributed by atoms with Gasteiger partial charge in [0.15, 0.2) is 0 Å². The van der Waals surface area contributed by atoms with Crippen LogP contribution in [0.25, 0.3) is 0 Å². The summed E-state index contributed by atoms with van der Waals surface area (Å²) in [5, 5.41) is 8.30. The molecule has 3 aliphatic rings. The van der Waals surface area contributed by atoms with Crippen LogP contribution < -0.4 is 25.8 Å². The molecule has 1 fully saturated rings. The second-order valence-corrected chi connectivity index (χ2v) is 21.7. The molecule has 2 aromatic carbocycles. The summed E-state index contributed by atoms with van der Waals surface area (Å²) in [5.41, 5.74) is 0.353. The van der Waals surface area contributed by atoms with E-state index in [2.05, 4.69) is 16.0 Å². The fourth-order valence-electron chi connectivity index (χ4n) is 9.81. The number of hydrogen-bond acceptors (Lipinski definition) is 13. The highest BCUT2D eigenvalue weighted by Gasteiger charge is 2.44. The fraction of sp³-hybridized carbons (Fsp3) is 0.552. The highest BCUT2D eigenvalue weighted by atomic mass is 16.6. The molecule has 3 heterocycles. The molecular formula is C58H81N7O13. The predicted octanol–water partition coefficient (Wildman–Crippen LogP) is 5.07. The normalized spacial score (nSPS) is 18.0. The summed E-state index contributed by atoms with van der Waals surface area (Å²) in [4.78, 5) is 133. The predicted molar refractivity (Wildman–Crippen MR) is 293 cm³/mol. The standard InChI is InChI=1S/C42H70N4O8.C16H11N3O5/c1-14-28(6)37(45(11)40(50)36(27(4)5)44-34(47)23-26(2)3)33(52-12)25-35(48)46-22-18-21-32(46)38(53-13)29(7)39(49)43-31(41(51)54-42(8,9)10)24-30-19-16-15-17-20-30;1-17-16(24)9-2-3-10(18-12(20)4-5-13(18)21)11(8-9)19-14(22)6-7-15(19)23/h15-17,19-20,26-29,31-33,36-38H,14,18,21-25H2,1-13H3,(H,43,49)(H,44,47);2-8H,1H3,(H,17,24)/t28?,29?,31?,32-,33?,36?,37?,38?;/m0./s1. The van der Waals surface area contributed by atoms with Crippen molar-refractivity contribution in [2.24, 2.45) is 23.7 Å². The van der Waals surface area contributed by atoms with Crippen LogP contribution in [0, 0.1) is 23.7 Å². The van der Waals surface area contributed by atoms with Crippen molar-refractivity contribution in [1.82, 2.24) is 25.8 Å². The van der Waals surface area contributed by atoms with Gasteiger partial charge < -0.3 is 40.0 Å². The highest BCUT2D eigenvalue weighted by Crippen LogP contribution is 2.35. The molecule has 0 radical (unpaired) electrons. The Morgan fingerprint density at radius 1 is 0.769 bits per heavy atom. The van der Waals surface area contributed by atoms with E-state index in [0.717, 1.165) is 52.5 Å². The minimum Gasteiger partial charge on any atom is -0.458 e. The third-order valence-corrected chi connectivity index (χ3v) is 14.0. The summed E-state index contributed by atoms with van der Waals surface area (Å²) in [7, 11) is 6.24. The molecule has 3 aliphatic heterocycles. The lowest BCUT2D eigenvalue weighted by atomic mass is 9.89. The largest absolute Gasteiger partial charge is 0.458 e. The van der Waals surface area contributed by atoms with E-state index >= 15 is 0 Å². The van der Waals surface area contributed by atoms with E-state index in [1.165, 1.54) is 32.4 Å². The molecule has 9 amide bonds. The average Bonchev–Trinajstić information content (AvgIpc) is 4.15. The second-order valence-electron chi connectivity index (χ2n) is 21.7. The number of amides is 9. The summed E-state index contributed by atoms with van der Waals surface area (Å²) < 4.78 is 17.6. The van der Waals surface area contributed by atoms with E-state index in [1.807, 2.05) is 71.9 Å². The maximum absolute atomic E-state index is 14.2. The molecule has 20 heteroatoms. The van der Waals surface area contributed by atoms with Gasteiger partial charge in [0.05, 0.1) is 48.0 Å². The molecule has 20 nitrogen and oxygen atoms in total. The Bertz CT molecular complexity index is 2540. The van der Waals surface area contributed by atoms with Gasteiger partial charge in [-0.1, -0.05) is 85.2 Å². The van der Waals surface area contributed by atoms with Gasteiger partial charge in [-0.25, -0.2) is 14.6 Å². The first-order chi connectivity index (χ1) is 36.7. The van der Waals surface area contributed by atoms with Crippen molar-refractivity contribution in [3.63, 3.8) is 0 Å². The molecule has 0 spiro atoms. The van der Waals surface area contributed by atoms with Crippen LogP contribution in [0.3, 0.4) is 0 Å². The first kappa shape index (κ1) is 63.5. The number of hydrogen-bond donors (Lipinski definition) is 3. The third-order valence-electron chi connectivity index (χ3n) is 14.0. The molecule has 426 valence electrons. The topological polar surface area (TPSA) is 247 Å². The molecule has 0 saturated carbocycles. The van der Waals surface area contributed by atoms with E-state index in [-0.39, 0.29) is 71.2 Å². The molecule has 3 N–H and O–H groups in total. The van der Waals surface area contributed by atoms with Crippen molar-refractivity contribution in [3.8, 4) is 0 Å². The fourth-order valence-corrected chi connectivity index (χ4v) is 9.81. The number of carbonyl (C=O) groups excluding carboxylic acids is 10. The number of nitrogens with one attached hydrogen (secondary N) is 3. The Balaban J connectivity index is 0.000000449. The van der Waals surface area contributed by atoms with Gasteiger partial charge in [-0.15, -0.1) is 0 Å². The van der Waals surface area contributed by atoms with Crippen molar-refractivity contribution < 1.29 is 62.2 Å². The molecule has 2 aromatic rings. The molecule has 1 saturated heterocycles. The second kappa shape index (κ2) is 28.5. The van der Waals surface area contributed by atoms with Crippen LogP contribution in [0.2, 0.25) is 0 Å². The molecule has 0 aromatic heterocycles. The van der Waals surface area contributed by atoms with Crippen LogP contribution in [-0.4, -0.2) is 146 Å². The summed E-state index contributed by atoms with van der Waals surface area (Å²) in [6.45, 7) is 19.4. The molecule has 78 heavy (non-hydrogen) atoms. The molecule has 0 aliphatic carbocycles. The number of imide groups is 2. The molecule has 5 rings (SSSR count). The number of esters is 1. The lowest BCUT2D eigenvalue weighted by molar-refractivity contribution is -0.159.